The molecule has 0 fully saturated rings. The Labute approximate surface area is 204 Å². The van der Waals surface area contributed by atoms with Crippen LogP contribution in [0.3, 0.4) is 0 Å². The molecular weight excluding hydrogens is 412 g/mol. The topological polar surface area (TPSA) is 6.48 Å². The standard InChI is InChI=1S/C32H34N2/c1-5-33(6-2)29-21-13-27(14-22-29)11-12-28-15-23-32(24-16-28)34(30-17-7-25(3)8-18-30)31-19-9-26(4)10-20-31/h7-24H,5-6H2,1-4H3/b12-11+. The Balaban J connectivity index is 1.56. The van der Waals surface area contributed by atoms with Gasteiger partial charge in [0, 0.05) is 35.8 Å². The zero-order valence-electron chi connectivity index (χ0n) is 20.7. The molecule has 0 N–H and O–H groups in total. The van der Waals surface area contributed by atoms with E-state index in [0.717, 1.165) is 30.2 Å². The van der Waals surface area contributed by atoms with Gasteiger partial charge in [-0.1, -0.05) is 71.8 Å². The molecule has 0 atom stereocenters. The smallest absolute Gasteiger partial charge is 0.0462 e. The summed E-state index contributed by atoms with van der Waals surface area (Å²) in [6.45, 7) is 10.7. The molecule has 4 rings (SSSR count). The van der Waals surface area contributed by atoms with Gasteiger partial charge in [0.1, 0.15) is 0 Å². The number of aryl methyl sites for hydroxylation is 2. The highest BCUT2D eigenvalue weighted by Gasteiger charge is 2.12. The van der Waals surface area contributed by atoms with Crippen molar-refractivity contribution in [1.82, 2.24) is 0 Å². The number of hydrogen-bond donors (Lipinski definition) is 0. The lowest BCUT2D eigenvalue weighted by Crippen LogP contribution is -2.21. The van der Waals surface area contributed by atoms with Crippen molar-refractivity contribution < 1.29 is 0 Å². The van der Waals surface area contributed by atoms with E-state index >= 15 is 0 Å². The first kappa shape index (κ1) is 23.4. The van der Waals surface area contributed by atoms with E-state index in [1.54, 1.807) is 0 Å². The van der Waals surface area contributed by atoms with Crippen molar-refractivity contribution in [2.45, 2.75) is 27.7 Å². The molecule has 2 nitrogen and oxygen atoms in total. The van der Waals surface area contributed by atoms with Crippen LogP contribution < -0.4 is 9.80 Å². The fraction of sp³-hybridized carbons (Fsp3) is 0.188. The summed E-state index contributed by atoms with van der Waals surface area (Å²) in [5.74, 6) is 0. The third-order valence-electron chi connectivity index (χ3n) is 6.23. The number of nitrogens with zero attached hydrogens (tertiary/aromatic N) is 2. The maximum Gasteiger partial charge on any atom is 0.0462 e. The molecule has 0 aromatic heterocycles. The van der Waals surface area contributed by atoms with Crippen molar-refractivity contribution in [3.8, 4) is 0 Å². The summed E-state index contributed by atoms with van der Waals surface area (Å²) in [5.41, 5.74) is 9.66. The van der Waals surface area contributed by atoms with Crippen LogP contribution in [0.25, 0.3) is 12.2 Å². The minimum atomic E-state index is 1.03. The number of hydrogen-bond acceptors (Lipinski definition) is 2. The van der Waals surface area contributed by atoms with Crippen molar-refractivity contribution in [2.24, 2.45) is 0 Å². The van der Waals surface area contributed by atoms with Crippen LogP contribution in [0.2, 0.25) is 0 Å². The van der Waals surface area contributed by atoms with Crippen molar-refractivity contribution in [1.29, 1.82) is 0 Å². The highest BCUT2D eigenvalue weighted by molar-refractivity contribution is 5.78. The minimum absolute atomic E-state index is 1.03. The molecule has 0 spiro atoms. The molecule has 34 heavy (non-hydrogen) atoms. The van der Waals surface area contributed by atoms with E-state index in [-0.39, 0.29) is 0 Å². The van der Waals surface area contributed by atoms with Crippen molar-refractivity contribution in [3.63, 3.8) is 0 Å². The maximum absolute atomic E-state index is 2.36. The van der Waals surface area contributed by atoms with E-state index in [2.05, 4.69) is 147 Å². The van der Waals surface area contributed by atoms with Gasteiger partial charge in [-0.15, -0.1) is 0 Å². The molecule has 0 radical (unpaired) electrons. The molecule has 0 saturated heterocycles. The molecule has 0 bridgehead atoms. The zero-order chi connectivity index (χ0) is 23.9. The third-order valence-corrected chi connectivity index (χ3v) is 6.23. The Hall–Kier alpha value is -3.78. The third kappa shape index (κ3) is 5.58. The Morgan fingerprint density at radius 3 is 1.15 bits per heavy atom. The van der Waals surface area contributed by atoms with Crippen LogP contribution in [0, 0.1) is 13.8 Å². The first-order valence-electron chi connectivity index (χ1n) is 12.1. The molecule has 0 aliphatic rings. The van der Waals surface area contributed by atoms with Crippen LogP contribution in [0.15, 0.2) is 97.1 Å². The molecule has 0 amide bonds. The van der Waals surface area contributed by atoms with Crippen molar-refractivity contribution in [2.75, 3.05) is 22.9 Å². The van der Waals surface area contributed by atoms with Crippen molar-refractivity contribution >= 4 is 34.9 Å². The van der Waals surface area contributed by atoms with Gasteiger partial charge in [0.25, 0.3) is 0 Å². The fourth-order valence-electron chi connectivity index (χ4n) is 4.15. The lowest BCUT2D eigenvalue weighted by atomic mass is 10.1. The second-order valence-corrected chi connectivity index (χ2v) is 8.70. The van der Waals surface area contributed by atoms with E-state index in [0.29, 0.717) is 0 Å². The van der Waals surface area contributed by atoms with Gasteiger partial charge in [0.15, 0.2) is 0 Å². The monoisotopic (exact) mass is 446 g/mol. The average Bonchev–Trinajstić information content (AvgIpc) is 2.87. The quantitative estimate of drug-likeness (QED) is 0.250. The fourth-order valence-corrected chi connectivity index (χ4v) is 4.15. The molecular formula is C32H34N2. The second-order valence-electron chi connectivity index (χ2n) is 8.70. The van der Waals surface area contributed by atoms with E-state index in [4.69, 9.17) is 0 Å². The van der Waals surface area contributed by atoms with Gasteiger partial charge in [-0.25, -0.2) is 0 Å². The summed E-state index contributed by atoms with van der Waals surface area (Å²) in [5, 5.41) is 0. The van der Waals surface area contributed by atoms with Gasteiger partial charge >= 0.3 is 0 Å². The zero-order valence-corrected chi connectivity index (χ0v) is 20.7. The van der Waals surface area contributed by atoms with Gasteiger partial charge in [0.2, 0.25) is 0 Å². The lowest BCUT2D eigenvalue weighted by molar-refractivity contribution is 0.866. The first-order chi connectivity index (χ1) is 16.6. The number of anilines is 4. The summed E-state index contributed by atoms with van der Waals surface area (Å²) in [7, 11) is 0. The summed E-state index contributed by atoms with van der Waals surface area (Å²) < 4.78 is 0. The van der Waals surface area contributed by atoms with E-state index in [9.17, 15) is 0 Å². The predicted molar refractivity (Wildman–Crippen MR) is 150 cm³/mol. The van der Waals surface area contributed by atoms with Crippen LogP contribution in [-0.2, 0) is 0 Å². The van der Waals surface area contributed by atoms with E-state index in [1.165, 1.54) is 27.9 Å². The minimum Gasteiger partial charge on any atom is -0.372 e. The van der Waals surface area contributed by atoms with Crippen molar-refractivity contribution in [3.05, 3.63) is 119 Å². The van der Waals surface area contributed by atoms with Gasteiger partial charge in [-0.2, -0.15) is 0 Å². The SMILES string of the molecule is CCN(CC)c1ccc(/C=C/c2ccc(N(c3ccc(C)cc3)c3ccc(C)cc3)cc2)cc1. The Morgan fingerprint density at radius 2 is 0.794 bits per heavy atom. The summed E-state index contributed by atoms with van der Waals surface area (Å²) in [4.78, 5) is 4.67. The molecule has 4 aromatic carbocycles. The molecule has 4 aromatic rings. The molecule has 0 unspecified atom stereocenters. The van der Waals surface area contributed by atoms with Crippen LogP contribution >= 0.6 is 0 Å². The van der Waals surface area contributed by atoms with Gasteiger partial charge in [-0.05, 0) is 87.4 Å². The molecule has 0 aliphatic heterocycles. The van der Waals surface area contributed by atoms with Crippen LogP contribution in [0.5, 0.6) is 0 Å². The normalized spacial score (nSPS) is 11.1. The number of benzene rings is 4. The van der Waals surface area contributed by atoms with Crippen LogP contribution in [0.1, 0.15) is 36.1 Å². The first-order valence-corrected chi connectivity index (χ1v) is 12.1. The summed E-state index contributed by atoms with van der Waals surface area (Å²) in [6, 6.07) is 35.0. The molecule has 2 heteroatoms. The largest absolute Gasteiger partial charge is 0.372 e. The Morgan fingerprint density at radius 1 is 0.471 bits per heavy atom. The van der Waals surface area contributed by atoms with Gasteiger partial charge in [0.05, 0.1) is 0 Å². The molecule has 0 saturated carbocycles. The lowest BCUT2D eigenvalue weighted by Gasteiger charge is -2.25. The predicted octanol–water partition coefficient (Wildman–Crippen LogP) is 8.79. The maximum atomic E-state index is 2.36. The molecule has 0 heterocycles. The van der Waals surface area contributed by atoms with Crippen LogP contribution in [0.4, 0.5) is 22.7 Å². The average molecular weight is 447 g/mol. The summed E-state index contributed by atoms with van der Waals surface area (Å²) in [6.07, 6.45) is 4.36. The van der Waals surface area contributed by atoms with E-state index < -0.39 is 0 Å². The molecule has 172 valence electrons. The number of rotatable bonds is 8. The Bertz CT molecular complexity index is 1150. The highest BCUT2D eigenvalue weighted by Crippen LogP contribution is 2.34. The van der Waals surface area contributed by atoms with Crippen LogP contribution in [-0.4, -0.2) is 13.1 Å². The highest BCUT2D eigenvalue weighted by atomic mass is 15.1. The second kappa shape index (κ2) is 10.9. The van der Waals surface area contributed by atoms with E-state index in [1.807, 2.05) is 0 Å². The summed E-state index contributed by atoms with van der Waals surface area (Å²) >= 11 is 0. The Kier molecular flexibility index (Phi) is 7.49. The van der Waals surface area contributed by atoms with Gasteiger partial charge in [-0.3, -0.25) is 0 Å². The molecule has 0 aliphatic carbocycles. The van der Waals surface area contributed by atoms with Gasteiger partial charge < -0.3 is 9.80 Å².